The Labute approximate surface area is 94.0 Å². The smallest absolute Gasteiger partial charge is 0.194 e. The second-order valence-corrected chi connectivity index (χ2v) is 5.02. The van der Waals surface area contributed by atoms with E-state index in [0.29, 0.717) is 0 Å². The predicted octanol–water partition coefficient (Wildman–Crippen LogP) is 1.15. The monoisotopic (exact) mass is 224 g/mol. The molecule has 0 amide bonds. The number of rotatable bonds is 2. The summed E-state index contributed by atoms with van der Waals surface area (Å²) in [5, 5.41) is 4.44. The van der Waals surface area contributed by atoms with Crippen LogP contribution in [0.4, 0.5) is 0 Å². The van der Waals surface area contributed by atoms with Gasteiger partial charge in [0, 0.05) is 18.5 Å². The van der Waals surface area contributed by atoms with Gasteiger partial charge in [0.2, 0.25) is 0 Å². The first kappa shape index (κ1) is 10.4. The van der Waals surface area contributed by atoms with Crippen molar-refractivity contribution in [3.05, 3.63) is 15.6 Å². The van der Waals surface area contributed by atoms with E-state index >= 15 is 0 Å². The number of thiazole rings is 1. The summed E-state index contributed by atoms with van der Waals surface area (Å²) < 4.78 is 0. The minimum atomic E-state index is 0.780. The van der Waals surface area contributed by atoms with Crippen molar-refractivity contribution >= 4 is 17.3 Å². The second-order valence-electron chi connectivity index (χ2n) is 3.73. The minimum absolute atomic E-state index is 0.780. The van der Waals surface area contributed by atoms with Gasteiger partial charge < -0.3 is 10.2 Å². The number of aromatic nitrogens is 1. The van der Waals surface area contributed by atoms with Gasteiger partial charge >= 0.3 is 0 Å². The maximum Gasteiger partial charge on any atom is 0.194 e. The Balaban J connectivity index is 1.93. The van der Waals surface area contributed by atoms with Crippen molar-refractivity contribution in [3.8, 4) is 0 Å². The minimum Gasteiger partial charge on any atom is -0.350 e. The molecule has 1 N–H and O–H groups in total. The molecule has 0 aromatic carbocycles. The average molecular weight is 224 g/mol. The summed E-state index contributed by atoms with van der Waals surface area (Å²) in [6.45, 7) is 6.85. The summed E-state index contributed by atoms with van der Waals surface area (Å²) >= 11 is 1.75. The number of aryl methyl sites for hydroxylation is 2. The largest absolute Gasteiger partial charge is 0.350 e. The fraction of sp³-hybridized carbons (Fsp3) is 0.600. The van der Waals surface area contributed by atoms with Crippen molar-refractivity contribution in [2.24, 2.45) is 4.99 Å². The highest BCUT2D eigenvalue weighted by Crippen LogP contribution is 2.16. The first-order valence-corrected chi connectivity index (χ1v) is 5.91. The molecule has 0 saturated heterocycles. The lowest BCUT2D eigenvalue weighted by Crippen LogP contribution is -2.35. The molecule has 0 spiro atoms. The van der Waals surface area contributed by atoms with Gasteiger partial charge in [0.15, 0.2) is 5.96 Å². The lowest BCUT2D eigenvalue weighted by Gasteiger charge is -2.14. The van der Waals surface area contributed by atoms with E-state index in [1.807, 2.05) is 0 Å². The highest BCUT2D eigenvalue weighted by Gasteiger charge is 2.12. The van der Waals surface area contributed by atoms with Crippen LogP contribution in [0.15, 0.2) is 4.99 Å². The van der Waals surface area contributed by atoms with Crippen molar-refractivity contribution in [2.75, 3.05) is 20.1 Å². The van der Waals surface area contributed by atoms with E-state index in [4.69, 9.17) is 0 Å². The molecule has 0 radical (unpaired) electrons. The topological polar surface area (TPSA) is 40.5 Å². The average Bonchev–Trinajstić information content (AvgIpc) is 2.72. The molecule has 0 bridgehead atoms. The van der Waals surface area contributed by atoms with Crippen LogP contribution in [-0.4, -0.2) is 36.0 Å². The van der Waals surface area contributed by atoms with Crippen molar-refractivity contribution < 1.29 is 0 Å². The molecule has 1 aromatic heterocycles. The summed E-state index contributed by atoms with van der Waals surface area (Å²) in [6.07, 6.45) is 0. The molecule has 2 rings (SSSR count). The Hall–Kier alpha value is -1.10. The molecule has 1 aliphatic rings. The molecule has 4 nitrogen and oxygen atoms in total. The second kappa shape index (κ2) is 4.18. The summed E-state index contributed by atoms with van der Waals surface area (Å²) in [5.74, 6) is 0.987. The van der Waals surface area contributed by atoms with Gasteiger partial charge in [-0.15, -0.1) is 11.3 Å². The lowest BCUT2D eigenvalue weighted by molar-refractivity contribution is 0.534. The summed E-state index contributed by atoms with van der Waals surface area (Å²) in [7, 11) is 2.05. The summed E-state index contributed by atoms with van der Waals surface area (Å²) in [4.78, 5) is 12.3. The molecule has 0 aliphatic carbocycles. The Morgan fingerprint density at radius 3 is 2.80 bits per heavy atom. The zero-order valence-corrected chi connectivity index (χ0v) is 10.2. The normalized spacial score (nSPS) is 15.7. The van der Waals surface area contributed by atoms with Crippen LogP contribution in [-0.2, 0) is 6.54 Å². The number of nitrogens with zero attached hydrogens (tertiary/aromatic N) is 3. The standard InChI is InChI=1S/C10H16N4S/c1-7-8(2)15-9(13-7)6-12-10-11-4-5-14(10)3/h4-6H2,1-3H3,(H,11,12). The maximum atomic E-state index is 4.48. The van der Waals surface area contributed by atoms with Crippen molar-refractivity contribution in [1.82, 2.24) is 15.2 Å². The van der Waals surface area contributed by atoms with Crippen LogP contribution in [0.25, 0.3) is 0 Å². The Bertz CT molecular complexity index is 363. The van der Waals surface area contributed by atoms with E-state index in [0.717, 1.165) is 36.3 Å². The molecule has 0 atom stereocenters. The Kier molecular flexibility index (Phi) is 2.90. The molecule has 1 aliphatic heterocycles. The van der Waals surface area contributed by atoms with Gasteiger partial charge in [-0.2, -0.15) is 0 Å². The Morgan fingerprint density at radius 1 is 1.47 bits per heavy atom. The number of guanidine groups is 1. The molecule has 5 heteroatoms. The molecular formula is C10H16N4S. The SMILES string of the molecule is Cc1nc(CNC2=NCCN2C)sc1C. The third-order valence-corrected chi connectivity index (χ3v) is 3.60. The highest BCUT2D eigenvalue weighted by atomic mass is 32.1. The number of hydrogen-bond acceptors (Lipinski definition) is 5. The zero-order valence-electron chi connectivity index (χ0n) is 9.37. The van der Waals surface area contributed by atoms with E-state index in [2.05, 4.69) is 41.1 Å². The number of nitrogens with one attached hydrogen (secondary N) is 1. The third-order valence-electron chi connectivity index (χ3n) is 2.53. The molecule has 2 heterocycles. The first-order valence-electron chi connectivity index (χ1n) is 5.09. The van der Waals surface area contributed by atoms with Gasteiger partial charge in [0.1, 0.15) is 5.01 Å². The Morgan fingerprint density at radius 2 is 2.27 bits per heavy atom. The predicted molar refractivity (Wildman–Crippen MR) is 63.4 cm³/mol. The van der Waals surface area contributed by atoms with Crippen molar-refractivity contribution in [2.45, 2.75) is 20.4 Å². The van der Waals surface area contributed by atoms with Crippen molar-refractivity contribution in [1.29, 1.82) is 0 Å². The van der Waals surface area contributed by atoms with Crippen molar-refractivity contribution in [3.63, 3.8) is 0 Å². The van der Waals surface area contributed by atoms with Gasteiger partial charge in [-0.25, -0.2) is 4.98 Å². The number of hydrogen-bond donors (Lipinski definition) is 1. The van der Waals surface area contributed by atoms with Gasteiger partial charge in [-0.1, -0.05) is 0 Å². The van der Waals surface area contributed by atoms with E-state index in [-0.39, 0.29) is 0 Å². The van der Waals surface area contributed by atoms with Crippen LogP contribution in [0.5, 0.6) is 0 Å². The van der Waals surface area contributed by atoms with Gasteiger partial charge in [0.25, 0.3) is 0 Å². The van der Waals surface area contributed by atoms with Gasteiger partial charge in [-0.05, 0) is 13.8 Å². The van der Waals surface area contributed by atoms with E-state index in [1.54, 1.807) is 11.3 Å². The first-order chi connectivity index (χ1) is 7.16. The molecule has 0 unspecified atom stereocenters. The van der Waals surface area contributed by atoms with Crippen LogP contribution < -0.4 is 5.32 Å². The van der Waals surface area contributed by atoms with E-state index < -0.39 is 0 Å². The molecule has 0 fully saturated rings. The molecule has 15 heavy (non-hydrogen) atoms. The van der Waals surface area contributed by atoms with Gasteiger partial charge in [0.05, 0.1) is 18.8 Å². The molecule has 0 saturated carbocycles. The van der Waals surface area contributed by atoms with E-state index in [1.165, 1.54) is 4.88 Å². The van der Waals surface area contributed by atoms with Gasteiger partial charge in [-0.3, -0.25) is 4.99 Å². The number of aliphatic imine (C=N–C) groups is 1. The highest BCUT2D eigenvalue weighted by molar-refractivity contribution is 7.11. The van der Waals surface area contributed by atoms with E-state index in [9.17, 15) is 0 Å². The molecule has 1 aromatic rings. The number of likely N-dealkylation sites (N-methyl/N-ethyl adjacent to an activating group) is 1. The maximum absolute atomic E-state index is 4.48. The summed E-state index contributed by atoms with van der Waals surface area (Å²) in [5.41, 5.74) is 1.14. The summed E-state index contributed by atoms with van der Waals surface area (Å²) in [6, 6.07) is 0. The third kappa shape index (κ3) is 2.28. The van der Waals surface area contributed by atoms with Crippen LogP contribution in [0, 0.1) is 13.8 Å². The lowest BCUT2D eigenvalue weighted by atomic mass is 10.4. The fourth-order valence-electron chi connectivity index (χ4n) is 1.49. The quantitative estimate of drug-likeness (QED) is 0.819. The zero-order chi connectivity index (χ0) is 10.8. The van der Waals surface area contributed by atoms with Crippen LogP contribution in [0.3, 0.4) is 0 Å². The van der Waals surface area contributed by atoms with Crippen LogP contribution in [0.1, 0.15) is 15.6 Å². The van der Waals surface area contributed by atoms with Crippen LogP contribution >= 0.6 is 11.3 Å². The molecule has 82 valence electrons. The molecular weight excluding hydrogens is 208 g/mol. The van der Waals surface area contributed by atoms with Crippen LogP contribution in [0.2, 0.25) is 0 Å². The fourth-order valence-corrected chi connectivity index (χ4v) is 2.37.